The first-order valence-corrected chi connectivity index (χ1v) is 5.81. The van der Waals surface area contributed by atoms with Crippen molar-refractivity contribution in [1.29, 1.82) is 0 Å². The molecule has 3 nitrogen and oxygen atoms in total. The molecule has 0 atom stereocenters. The highest BCUT2D eigenvalue weighted by atomic mass is 35.5. The van der Waals surface area contributed by atoms with E-state index in [0.29, 0.717) is 11.0 Å². The van der Waals surface area contributed by atoms with E-state index in [0.717, 1.165) is 28.2 Å². The summed E-state index contributed by atoms with van der Waals surface area (Å²) in [6, 6.07) is 3.99. The van der Waals surface area contributed by atoms with E-state index in [9.17, 15) is 0 Å². The minimum atomic E-state index is 0.494. The smallest absolute Gasteiger partial charge is 0.179 e. The normalized spacial score (nSPS) is 10.6. The Balaban J connectivity index is 2.60. The Bertz CT molecular complexity index is 536. The number of aromatic nitrogens is 3. The van der Waals surface area contributed by atoms with Crippen molar-refractivity contribution in [3.63, 3.8) is 0 Å². The molecule has 2 heterocycles. The highest BCUT2D eigenvalue weighted by Gasteiger charge is 2.09. The molecule has 0 bridgehead atoms. The van der Waals surface area contributed by atoms with Gasteiger partial charge in [0.1, 0.15) is 10.8 Å². The molecule has 2 rings (SSSR count). The van der Waals surface area contributed by atoms with Crippen LogP contribution in [0.5, 0.6) is 0 Å². The molecule has 0 fully saturated rings. The highest BCUT2D eigenvalue weighted by molar-refractivity contribution is 6.30. The topological polar surface area (TPSA) is 38.7 Å². The van der Waals surface area contributed by atoms with Crippen LogP contribution in [0.15, 0.2) is 12.1 Å². The van der Waals surface area contributed by atoms with Gasteiger partial charge in [0.2, 0.25) is 0 Å². The third-order valence-corrected chi connectivity index (χ3v) is 3.02. The predicted molar refractivity (Wildman–Crippen MR) is 69.2 cm³/mol. The molecule has 2 aromatic rings. The minimum absolute atomic E-state index is 0.494. The molecular weight excluding hydrogens is 234 g/mol. The van der Waals surface area contributed by atoms with Crippen LogP contribution in [0.25, 0.3) is 11.5 Å². The van der Waals surface area contributed by atoms with Gasteiger partial charge in [-0.25, -0.2) is 15.0 Å². The fourth-order valence-electron chi connectivity index (χ4n) is 1.66. The lowest BCUT2D eigenvalue weighted by Crippen LogP contribution is -1.99. The number of rotatable bonds is 1. The van der Waals surface area contributed by atoms with Crippen molar-refractivity contribution >= 4 is 11.6 Å². The number of hydrogen-bond donors (Lipinski definition) is 0. The van der Waals surface area contributed by atoms with E-state index in [1.165, 1.54) is 0 Å². The van der Waals surface area contributed by atoms with Gasteiger partial charge < -0.3 is 0 Å². The molecule has 88 valence electrons. The summed E-state index contributed by atoms with van der Waals surface area (Å²) < 4.78 is 0. The molecule has 4 heteroatoms. The molecule has 0 aliphatic carbocycles. The molecule has 0 aliphatic rings. The Morgan fingerprint density at radius 3 is 2.24 bits per heavy atom. The molecule has 0 radical (unpaired) electrons. The third kappa shape index (κ3) is 2.44. The first-order chi connectivity index (χ1) is 7.97. The number of aryl methyl sites for hydroxylation is 3. The Hall–Kier alpha value is -1.48. The molecular formula is C13H14ClN3. The summed E-state index contributed by atoms with van der Waals surface area (Å²) in [4.78, 5) is 13.1. The van der Waals surface area contributed by atoms with Crippen LogP contribution in [0.2, 0.25) is 5.15 Å². The van der Waals surface area contributed by atoms with E-state index in [-0.39, 0.29) is 0 Å². The standard InChI is InChI=1S/C13H14ClN3/c1-7-5-8(2)15-11(6-7)13-16-10(4)9(3)12(14)17-13/h5-6H,1-4H3. The molecule has 0 saturated heterocycles. The summed E-state index contributed by atoms with van der Waals surface area (Å²) in [5, 5.41) is 0.494. The highest BCUT2D eigenvalue weighted by Crippen LogP contribution is 2.21. The fraction of sp³-hybridized carbons (Fsp3) is 0.308. The second-order valence-electron chi connectivity index (χ2n) is 4.22. The number of hydrogen-bond acceptors (Lipinski definition) is 3. The van der Waals surface area contributed by atoms with Crippen molar-refractivity contribution in [2.75, 3.05) is 0 Å². The summed E-state index contributed by atoms with van der Waals surface area (Å²) >= 11 is 6.07. The van der Waals surface area contributed by atoms with Gasteiger partial charge in [0.05, 0.1) is 0 Å². The van der Waals surface area contributed by atoms with Gasteiger partial charge in [-0.1, -0.05) is 11.6 Å². The number of halogens is 1. The monoisotopic (exact) mass is 247 g/mol. The predicted octanol–water partition coefficient (Wildman–Crippen LogP) is 3.43. The lowest BCUT2D eigenvalue weighted by Gasteiger charge is -2.06. The summed E-state index contributed by atoms with van der Waals surface area (Å²) in [6.07, 6.45) is 0. The molecule has 0 spiro atoms. The fourth-order valence-corrected chi connectivity index (χ4v) is 1.88. The molecule has 0 saturated carbocycles. The van der Waals surface area contributed by atoms with Crippen LogP contribution >= 0.6 is 11.6 Å². The maximum absolute atomic E-state index is 6.07. The molecule has 0 aromatic carbocycles. The maximum Gasteiger partial charge on any atom is 0.179 e. The quantitative estimate of drug-likeness (QED) is 0.725. The lowest BCUT2D eigenvalue weighted by atomic mass is 10.2. The van der Waals surface area contributed by atoms with Crippen molar-refractivity contribution in [3.05, 3.63) is 39.8 Å². The van der Waals surface area contributed by atoms with Crippen LogP contribution in [0, 0.1) is 27.7 Å². The Kier molecular flexibility index (Phi) is 3.11. The average Bonchev–Trinajstić information content (AvgIpc) is 2.23. The molecule has 0 N–H and O–H groups in total. The van der Waals surface area contributed by atoms with Gasteiger partial charge in [0, 0.05) is 17.0 Å². The van der Waals surface area contributed by atoms with Crippen LogP contribution in [-0.2, 0) is 0 Å². The summed E-state index contributed by atoms with van der Waals surface area (Å²) in [6.45, 7) is 7.82. The number of nitrogens with zero attached hydrogens (tertiary/aromatic N) is 3. The van der Waals surface area contributed by atoms with Gasteiger partial charge in [0.25, 0.3) is 0 Å². The first-order valence-electron chi connectivity index (χ1n) is 5.44. The first kappa shape index (κ1) is 12.0. The molecule has 2 aromatic heterocycles. The third-order valence-electron chi connectivity index (χ3n) is 2.66. The van der Waals surface area contributed by atoms with Gasteiger partial charge >= 0.3 is 0 Å². The SMILES string of the molecule is Cc1cc(C)nc(-c2nc(C)c(C)c(Cl)n2)c1. The van der Waals surface area contributed by atoms with Crippen LogP contribution in [0.1, 0.15) is 22.5 Å². The largest absolute Gasteiger partial charge is 0.250 e. The zero-order valence-corrected chi connectivity index (χ0v) is 11.1. The Labute approximate surface area is 106 Å². The van der Waals surface area contributed by atoms with Gasteiger partial charge in [-0.05, 0) is 45.4 Å². The van der Waals surface area contributed by atoms with E-state index < -0.39 is 0 Å². The number of pyridine rings is 1. The van der Waals surface area contributed by atoms with Crippen molar-refractivity contribution in [1.82, 2.24) is 15.0 Å². The van der Waals surface area contributed by atoms with Crippen LogP contribution in [-0.4, -0.2) is 15.0 Å². The second-order valence-corrected chi connectivity index (χ2v) is 4.58. The van der Waals surface area contributed by atoms with E-state index in [2.05, 4.69) is 15.0 Å². The van der Waals surface area contributed by atoms with E-state index in [4.69, 9.17) is 11.6 Å². The van der Waals surface area contributed by atoms with Crippen molar-refractivity contribution < 1.29 is 0 Å². The van der Waals surface area contributed by atoms with Crippen LogP contribution in [0.3, 0.4) is 0 Å². The van der Waals surface area contributed by atoms with Crippen LogP contribution < -0.4 is 0 Å². The zero-order valence-electron chi connectivity index (χ0n) is 10.4. The Morgan fingerprint density at radius 2 is 1.65 bits per heavy atom. The lowest BCUT2D eigenvalue weighted by molar-refractivity contribution is 1.04. The summed E-state index contributed by atoms with van der Waals surface area (Å²) in [5.41, 5.74) is 4.68. The summed E-state index contributed by atoms with van der Waals surface area (Å²) in [5.74, 6) is 0.588. The molecule has 0 unspecified atom stereocenters. The van der Waals surface area contributed by atoms with Crippen molar-refractivity contribution in [3.8, 4) is 11.5 Å². The van der Waals surface area contributed by atoms with Gasteiger partial charge in [-0.3, -0.25) is 0 Å². The van der Waals surface area contributed by atoms with Crippen molar-refractivity contribution in [2.45, 2.75) is 27.7 Å². The van der Waals surface area contributed by atoms with Crippen molar-refractivity contribution in [2.24, 2.45) is 0 Å². The van der Waals surface area contributed by atoms with Gasteiger partial charge in [-0.15, -0.1) is 0 Å². The van der Waals surface area contributed by atoms with E-state index in [1.54, 1.807) is 0 Å². The second kappa shape index (κ2) is 4.41. The molecule has 17 heavy (non-hydrogen) atoms. The summed E-state index contributed by atoms with van der Waals surface area (Å²) in [7, 11) is 0. The van der Waals surface area contributed by atoms with Gasteiger partial charge in [0.15, 0.2) is 5.82 Å². The van der Waals surface area contributed by atoms with Crippen LogP contribution in [0.4, 0.5) is 0 Å². The van der Waals surface area contributed by atoms with E-state index in [1.807, 2.05) is 39.8 Å². The Morgan fingerprint density at radius 1 is 0.941 bits per heavy atom. The van der Waals surface area contributed by atoms with Gasteiger partial charge in [-0.2, -0.15) is 0 Å². The average molecular weight is 248 g/mol. The molecule has 0 aliphatic heterocycles. The maximum atomic E-state index is 6.07. The zero-order chi connectivity index (χ0) is 12.6. The minimum Gasteiger partial charge on any atom is -0.250 e. The van der Waals surface area contributed by atoms with E-state index >= 15 is 0 Å². The molecule has 0 amide bonds.